The number of rotatable bonds is 9. The van der Waals surface area contributed by atoms with Gasteiger partial charge in [-0.3, -0.25) is 14.8 Å². The highest BCUT2D eigenvalue weighted by atomic mass is 32.2. The molecule has 0 saturated carbocycles. The number of nitrogens with one attached hydrogen (secondary N) is 1. The molecule has 4 aromatic rings. The number of nitrogens with zero attached hydrogens (tertiary/aromatic N) is 2. The van der Waals surface area contributed by atoms with Crippen LogP contribution in [0.4, 0.5) is 0 Å². The second-order valence-electron chi connectivity index (χ2n) is 8.50. The number of ether oxygens (including phenoxy) is 2. The number of aromatic amines is 1. The monoisotopic (exact) mass is 545 g/mol. The van der Waals surface area contributed by atoms with Gasteiger partial charge in [-0.25, -0.2) is 4.79 Å². The lowest BCUT2D eigenvalue weighted by molar-refractivity contribution is -0.122. The quantitative estimate of drug-likeness (QED) is 0.159. The minimum atomic E-state index is -0.986. The van der Waals surface area contributed by atoms with Gasteiger partial charge in [0.25, 0.3) is 5.91 Å². The molecule has 1 aromatic heterocycles. The van der Waals surface area contributed by atoms with E-state index in [4.69, 9.17) is 26.8 Å². The number of benzene rings is 3. The summed E-state index contributed by atoms with van der Waals surface area (Å²) in [6.07, 6.45) is 4.19. The number of H-pyrrole nitrogens is 1. The summed E-state index contributed by atoms with van der Waals surface area (Å²) in [6.45, 7) is 0.790. The fraction of sp³-hybridized carbons (Fsp3) is 0.143. The van der Waals surface area contributed by atoms with Crippen LogP contribution in [0.5, 0.6) is 11.5 Å². The molecule has 2 heterocycles. The SMILES string of the molecule is COc1ccc(C=C2SC(=S)N(CCCOc3ccc(C(=O)O)cc3)C2=O)cc1-c1ccc2cn[nH]c2c1. The number of hydrogen-bond donors (Lipinski definition) is 2. The first-order valence-electron chi connectivity index (χ1n) is 11.8. The second kappa shape index (κ2) is 11.1. The maximum absolute atomic E-state index is 13.1. The van der Waals surface area contributed by atoms with Crippen molar-refractivity contribution in [1.29, 1.82) is 0 Å². The van der Waals surface area contributed by atoms with E-state index in [1.807, 2.05) is 42.5 Å². The smallest absolute Gasteiger partial charge is 0.335 e. The number of fused-ring (bicyclic) bond motifs is 1. The number of carboxylic acid groups (broad SMARTS) is 1. The molecule has 1 amide bonds. The third-order valence-electron chi connectivity index (χ3n) is 6.04. The molecule has 8 nitrogen and oxygen atoms in total. The molecule has 3 aromatic carbocycles. The van der Waals surface area contributed by atoms with E-state index in [1.165, 1.54) is 23.9 Å². The summed E-state index contributed by atoms with van der Waals surface area (Å²) in [6, 6.07) is 18.0. The van der Waals surface area contributed by atoms with Gasteiger partial charge in [0.2, 0.25) is 0 Å². The summed E-state index contributed by atoms with van der Waals surface area (Å²) in [7, 11) is 1.63. The Kier molecular flexibility index (Phi) is 7.43. The Labute approximate surface area is 228 Å². The summed E-state index contributed by atoms with van der Waals surface area (Å²) < 4.78 is 11.8. The molecule has 38 heavy (non-hydrogen) atoms. The molecule has 1 aliphatic rings. The molecule has 1 aliphatic heterocycles. The summed E-state index contributed by atoms with van der Waals surface area (Å²) in [5.41, 5.74) is 3.86. The van der Waals surface area contributed by atoms with Crippen LogP contribution < -0.4 is 9.47 Å². The van der Waals surface area contributed by atoms with Crippen LogP contribution in [0.15, 0.2) is 71.8 Å². The number of thioether (sulfide) groups is 1. The topological polar surface area (TPSA) is 105 Å². The first kappa shape index (κ1) is 25.5. The van der Waals surface area contributed by atoms with Crippen molar-refractivity contribution in [3.8, 4) is 22.6 Å². The van der Waals surface area contributed by atoms with Crippen molar-refractivity contribution in [1.82, 2.24) is 15.1 Å². The van der Waals surface area contributed by atoms with Crippen molar-refractivity contribution < 1.29 is 24.2 Å². The molecule has 10 heteroatoms. The Bertz CT molecular complexity index is 1560. The lowest BCUT2D eigenvalue weighted by Gasteiger charge is -2.14. The first-order chi connectivity index (χ1) is 18.4. The highest BCUT2D eigenvalue weighted by Gasteiger charge is 2.31. The molecule has 2 N–H and O–H groups in total. The maximum atomic E-state index is 13.1. The van der Waals surface area contributed by atoms with E-state index in [0.29, 0.717) is 34.5 Å². The molecule has 0 spiro atoms. The van der Waals surface area contributed by atoms with Crippen molar-refractivity contribution in [3.63, 3.8) is 0 Å². The number of aromatic nitrogens is 2. The molecule has 0 atom stereocenters. The number of carboxylic acids is 1. The van der Waals surface area contributed by atoms with Crippen molar-refractivity contribution in [2.45, 2.75) is 6.42 Å². The number of carbonyl (C=O) groups excluding carboxylic acids is 1. The van der Waals surface area contributed by atoms with Gasteiger partial charge in [-0.2, -0.15) is 5.10 Å². The van der Waals surface area contributed by atoms with Crippen molar-refractivity contribution >= 4 is 57.2 Å². The van der Waals surface area contributed by atoms with Crippen LogP contribution in [-0.4, -0.2) is 56.7 Å². The lowest BCUT2D eigenvalue weighted by Crippen LogP contribution is -2.29. The third kappa shape index (κ3) is 5.41. The molecular formula is C28H23N3O5S2. The first-order valence-corrected chi connectivity index (χ1v) is 13.0. The highest BCUT2D eigenvalue weighted by Crippen LogP contribution is 2.36. The van der Waals surface area contributed by atoms with Crippen LogP contribution in [0.3, 0.4) is 0 Å². The van der Waals surface area contributed by atoms with Crippen molar-refractivity contribution in [3.05, 3.63) is 82.9 Å². The number of thiocarbonyl (C=S) groups is 1. The van der Waals surface area contributed by atoms with E-state index in [0.717, 1.165) is 33.3 Å². The zero-order chi connectivity index (χ0) is 26.6. The van der Waals surface area contributed by atoms with E-state index in [9.17, 15) is 9.59 Å². The minimum absolute atomic E-state index is 0.137. The van der Waals surface area contributed by atoms with Gasteiger partial charge in [0, 0.05) is 17.5 Å². The average Bonchev–Trinajstić information content (AvgIpc) is 3.50. The molecule has 0 bridgehead atoms. The summed E-state index contributed by atoms with van der Waals surface area (Å²) in [5.74, 6) is 0.177. The fourth-order valence-corrected chi connectivity index (χ4v) is 5.40. The molecule has 192 valence electrons. The van der Waals surface area contributed by atoms with Crippen LogP contribution in [0, 0.1) is 0 Å². The number of hydrogen-bond acceptors (Lipinski definition) is 7. The van der Waals surface area contributed by atoms with E-state index >= 15 is 0 Å². The molecule has 1 fully saturated rings. The Hall–Kier alpha value is -4.15. The van der Waals surface area contributed by atoms with E-state index in [-0.39, 0.29) is 11.5 Å². The maximum Gasteiger partial charge on any atom is 0.335 e. The van der Waals surface area contributed by atoms with Gasteiger partial charge in [-0.05, 0) is 66.1 Å². The molecule has 0 radical (unpaired) electrons. The zero-order valence-electron chi connectivity index (χ0n) is 20.3. The Morgan fingerprint density at radius 3 is 2.74 bits per heavy atom. The third-order valence-corrected chi connectivity index (χ3v) is 7.42. The molecular weight excluding hydrogens is 522 g/mol. The predicted molar refractivity (Wildman–Crippen MR) is 151 cm³/mol. The van der Waals surface area contributed by atoms with Crippen LogP contribution in [0.1, 0.15) is 22.3 Å². The molecule has 5 rings (SSSR count). The van der Waals surface area contributed by atoms with Crippen molar-refractivity contribution in [2.24, 2.45) is 0 Å². The highest BCUT2D eigenvalue weighted by molar-refractivity contribution is 8.26. The Morgan fingerprint density at radius 1 is 1.16 bits per heavy atom. The van der Waals surface area contributed by atoms with Crippen molar-refractivity contribution in [2.75, 3.05) is 20.3 Å². The van der Waals surface area contributed by atoms with Crippen LogP contribution in [0.2, 0.25) is 0 Å². The van der Waals surface area contributed by atoms with E-state index < -0.39 is 5.97 Å². The number of aromatic carboxylic acids is 1. The van der Waals surface area contributed by atoms with Gasteiger partial charge in [-0.1, -0.05) is 42.2 Å². The Morgan fingerprint density at radius 2 is 1.97 bits per heavy atom. The van der Waals surface area contributed by atoms with Crippen LogP contribution >= 0.6 is 24.0 Å². The summed E-state index contributed by atoms with van der Waals surface area (Å²) in [5, 5.41) is 17.1. The summed E-state index contributed by atoms with van der Waals surface area (Å²) >= 11 is 6.75. The number of amides is 1. The lowest BCUT2D eigenvalue weighted by atomic mass is 10.0. The molecule has 1 saturated heterocycles. The Balaban J connectivity index is 1.26. The van der Waals surface area contributed by atoms with Gasteiger partial charge in [0.05, 0.1) is 35.9 Å². The fourth-order valence-electron chi connectivity index (χ4n) is 4.10. The zero-order valence-corrected chi connectivity index (χ0v) is 22.0. The van der Waals surface area contributed by atoms with E-state index in [1.54, 1.807) is 30.3 Å². The normalized spacial score (nSPS) is 14.4. The van der Waals surface area contributed by atoms with Crippen LogP contribution in [-0.2, 0) is 4.79 Å². The molecule has 0 aliphatic carbocycles. The van der Waals surface area contributed by atoms with Gasteiger partial charge in [0.15, 0.2) is 0 Å². The largest absolute Gasteiger partial charge is 0.496 e. The number of methoxy groups -OCH3 is 1. The molecule has 0 unspecified atom stereocenters. The van der Waals surface area contributed by atoms with E-state index in [2.05, 4.69) is 10.2 Å². The second-order valence-corrected chi connectivity index (χ2v) is 10.2. The van der Waals surface area contributed by atoms with Gasteiger partial charge in [-0.15, -0.1) is 0 Å². The average molecular weight is 546 g/mol. The van der Waals surface area contributed by atoms with Gasteiger partial charge in [0.1, 0.15) is 15.8 Å². The predicted octanol–water partition coefficient (Wildman–Crippen LogP) is 5.61. The number of carbonyl (C=O) groups is 2. The van der Waals surface area contributed by atoms with Gasteiger partial charge < -0.3 is 14.6 Å². The minimum Gasteiger partial charge on any atom is -0.496 e. The van der Waals surface area contributed by atoms with Gasteiger partial charge >= 0.3 is 5.97 Å². The van der Waals surface area contributed by atoms with Crippen LogP contribution in [0.25, 0.3) is 28.1 Å². The standard InChI is InChI=1S/C28H23N3O5S2/c1-35-24-10-3-17(13-22(24)19-4-5-20-16-29-30-23(20)15-19)14-25-26(32)31(28(37)38-25)11-2-12-36-21-8-6-18(7-9-21)27(33)34/h3-10,13-16H,2,11-12H2,1H3,(H,29,30)(H,33,34). The summed E-state index contributed by atoms with van der Waals surface area (Å²) in [4.78, 5) is 26.2.